The molecule has 4 N–H and O–H groups in total. The van der Waals surface area contributed by atoms with Gasteiger partial charge in [-0.25, -0.2) is 9.97 Å². The van der Waals surface area contributed by atoms with Crippen molar-refractivity contribution in [1.29, 1.82) is 0 Å². The number of piperidine rings is 3. The minimum absolute atomic E-state index is 0.351. The number of benzene rings is 2. The van der Waals surface area contributed by atoms with Gasteiger partial charge >= 0.3 is 0 Å². The maximum Gasteiger partial charge on any atom is 0.124 e. The van der Waals surface area contributed by atoms with Crippen LogP contribution in [-0.2, 0) is 25.7 Å². The van der Waals surface area contributed by atoms with Crippen LogP contribution in [0.4, 0.5) is 0 Å². The molecule has 51 heavy (non-hydrogen) atoms. The molecule has 4 aromatic rings. The molecule has 7 heteroatoms. The van der Waals surface area contributed by atoms with Crippen LogP contribution in [0.1, 0.15) is 123 Å². The summed E-state index contributed by atoms with van der Waals surface area (Å²) < 4.78 is 0. The first-order valence-corrected chi connectivity index (χ1v) is 20.6. The van der Waals surface area contributed by atoms with Gasteiger partial charge in [-0.2, -0.15) is 0 Å². The molecule has 0 amide bonds. The molecule has 0 radical (unpaired) electrons. The molecule has 2 aromatic heterocycles. The Morgan fingerprint density at radius 1 is 0.647 bits per heavy atom. The molecule has 266 valence electrons. The molecule has 4 atom stereocenters. The van der Waals surface area contributed by atoms with E-state index in [1.54, 1.807) is 22.3 Å². The number of hydrogen-bond donors (Lipinski definition) is 4. The van der Waals surface area contributed by atoms with Gasteiger partial charge in [0.1, 0.15) is 11.6 Å². The van der Waals surface area contributed by atoms with Crippen molar-refractivity contribution in [2.75, 3.05) is 26.7 Å². The zero-order valence-corrected chi connectivity index (χ0v) is 30.6. The molecule has 7 nitrogen and oxygen atoms in total. The number of imidazole rings is 2. The van der Waals surface area contributed by atoms with Crippen molar-refractivity contribution >= 4 is 0 Å². The van der Waals surface area contributed by atoms with Crippen molar-refractivity contribution < 1.29 is 0 Å². The van der Waals surface area contributed by atoms with Gasteiger partial charge in [0.25, 0.3) is 0 Å². The first kappa shape index (κ1) is 31.3. The van der Waals surface area contributed by atoms with Gasteiger partial charge in [-0.05, 0) is 160 Å². The third kappa shape index (κ3) is 5.15. The Balaban J connectivity index is 1.01. The topological polar surface area (TPSA) is 84.7 Å². The lowest BCUT2D eigenvalue weighted by molar-refractivity contribution is 0.131. The summed E-state index contributed by atoms with van der Waals surface area (Å²) in [6, 6.07) is 11.4. The second-order valence-electron chi connectivity index (χ2n) is 18.2. The van der Waals surface area contributed by atoms with Crippen molar-refractivity contribution in [1.82, 2.24) is 35.5 Å². The third-order valence-electron chi connectivity index (χ3n) is 15.1. The highest BCUT2D eigenvalue weighted by molar-refractivity contribution is 5.83. The minimum Gasteiger partial charge on any atom is -0.341 e. The molecule has 3 aliphatic heterocycles. The Morgan fingerprint density at radius 2 is 1.24 bits per heavy atom. The van der Waals surface area contributed by atoms with Gasteiger partial charge < -0.3 is 25.5 Å². The number of nitrogens with one attached hydrogen (secondary N) is 4. The van der Waals surface area contributed by atoms with E-state index in [0.717, 1.165) is 24.1 Å². The zero-order valence-electron chi connectivity index (χ0n) is 30.6. The van der Waals surface area contributed by atoms with Gasteiger partial charge in [-0.3, -0.25) is 0 Å². The van der Waals surface area contributed by atoms with Crippen LogP contribution in [-0.4, -0.2) is 57.6 Å². The number of nitrogens with zero attached hydrogens (tertiary/aromatic N) is 3. The summed E-state index contributed by atoms with van der Waals surface area (Å²) in [6.07, 6.45) is 24.9. The van der Waals surface area contributed by atoms with E-state index in [2.05, 4.69) is 69.2 Å². The number of aromatic amines is 2. The molecule has 5 fully saturated rings. The normalized spacial score (nSPS) is 29.0. The van der Waals surface area contributed by atoms with Crippen LogP contribution in [0.5, 0.6) is 0 Å². The third-order valence-corrected chi connectivity index (χ3v) is 15.1. The minimum atomic E-state index is 0.351. The molecule has 7 aliphatic rings. The number of hydrogen-bond acceptors (Lipinski definition) is 5. The maximum absolute atomic E-state index is 5.03. The molecule has 2 bridgehead atoms. The zero-order chi connectivity index (χ0) is 33.7. The SMILES string of the molecule is CN1CCC2(CC1)Cc1c(-c3cnc(C4NC5CCC4C5)[nH]3)ccc(-c3ccc(-c4cnc(C5CCCCN5)[nH]4)c4c3CC3(CCCC3)C4)c1C2. The van der Waals surface area contributed by atoms with E-state index in [0.29, 0.717) is 29.0 Å². The van der Waals surface area contributed by atoms with Crippen molar-refractivity contribution in [2.24, 2.45) is 16.7 Å². The highest BCUT2D eigenvalue weighted by Crippen LogP contribution is 2.55. The number of aromatic nitrogens is 4. The van der Waals surface area contributed by atoms with E-state index in [-0.39, 0.29) is 0 Å². The van der Waals surface area contributed by atoms with Crippen molar-refractivity contribution in [2.45, 2.75) is 121 Å². The summed E-state index contributed by atoms with van der Waals surface area (Å²) in [5.41, 5.74) is 15.5. The Kier molecular flexibility index (Phi) is 7.28. The molecule has 2 aromatic carbocycles. The highest BCUT2D eigenvalue weighted by Gasteiger charge is 2.45. The van der Waals surface area contributed by atoms with E-state index >= 15 is 0 Å². The maximum atomic E-state index is 5.03. The largest absolute Gasteiger partial charge is 0.341 e. The van der Waals surface area contributed by atoms with E-state index in [9.17, 15) is 0 Å². The smallest absolute Gasteiger partial charge is 0.124 e. The average Bonchev–Trinajstić information content (AvgIpc) is 4.02. The van der Waals surface area contributed by atoms with Crippen molar-refractivity contribution in [3.63, 3.8) is 0 Å². The van der Waals surface area contributed by atoms with Gasteiger partial charge in [0.15, 0.2) is 0 Å². The molecule has 3 saturated heterocycles. The Morgan fingerprint density at radius 3 is 1.82 bits per heavy atom. The van der Waals surface area contributed by atoms with Crippen LogP contribution in [0.2, 0.25) is 0 Å². The van der Waals surface area contributed by atoms with Gasteiger partial charge in [-0.15, -0.1) is 0 Å². The molecule has 2 saturated carbocycles. The van der Waals surface area contributed by atoms with Crippen molar-refractivity contribution in [3.05, 3.63) is 70.6 Å². The molecule has 5 heterocycles. The number of rotatable bonds is 5. The van der Waals surface area contributed by atoms with Gasteiger partial charge in [-0.1, -0.05) is 43.5 Å². The van der Waals surface area contributed by atoms with Crippen LogP contribution < -0.4 is 10.6 Å². The summed E-state index contributed by atoms with van der Waals surface area (Å²) in [7, 11) is 2.31. The number of likely N-dealkylation sites (tertiary alicyclic amines) is 1. The van der Waals surface area contributed by atoms with Crippen LogP contribution in [0.3, 0.4) is 0 Å². The predicted molar refractivity (Wildman–Crippen MR) is 204 cm³/mol. The van der Waals surface area contributed by atoms with E-state index in [4.69, 9.17) is 9.97 Å². The molecular weight excluding hydrogens is 627 g/mol. The highest BCUT2D eigenvalue weighted by atomic mass is 15.1. The van der Waals surface area contributed by atoms with Crippen molar-refractivity contribution in [3.8, 4) is 33.6 Å². The Labute approximate surface area is 303 Å². The lowest BCUT2D eigenvalue weighted by Gasteiger charge is -2.37. The lowest BCUT2D eigenvalue weighted by atomic mass is 9.75. The van der Waals surface area contributed by atoms with Crippen LogP contribution in [0.15, 0.2) is 36.7 Å². The van der Waals surface area contributed by atoms with Crippen LogP contribution >= 0.6 is 0 Å². The Bertz CT molecular complexity index is 1960. The molecule has 4 aliphatic carbocycles. The molecule has 2 spiro atoms. The van der Waals surface area contributed by atoms with Gasteiger partial charge in [0, 0.05) is 17.2 Å². The van der Waals surface area contributed by atoms with Crippen LogP contribution in [0, 0.1) is 16.7 Å². The number of fused-ring (bicyclic) bond motifs is 4. The van der Waals surface area contributed by atoms with Gasteiger partial charge in [0.05, 0.1) is 35.9 Å². The summed E-state index contributed by atoms with van der Waals surface area (Å²) in [5, 5.41) is 7.58. The van der Waals surface area contributed by atoms with Crippen LogP contribution in [0.25, 0.3) is 33.6 Å². The van der Waals surface area contributed by atoms with Gasteiger partial charge in [0.2, 0.25) is 0 Å². The summed E-state index contributed by atoms with van der Waals surface area (Å²) in [6.45, 7) is 3.50. The summed E-state index contributed by atoms with van der Waals surface area (Å²) in [5.74, 6) is 3.00. The van der Waals surface area contributed by atoms with E-state index in [1.165, 1.54) is 149 Å². The summed E-state index contributed by atoms with van der Waals surface area (Å²) in [4.78, 5) is 20.2. The second kappa shape index (κ2) is 11.9. The Hall–Kier alpha value is -3.26. The monoisotopic (exact) mass is 681 g/mol. The fourth-order valence-electron chi connectivity index (χ4n) is 12.3. The van der Waals surface area contributed by atoms with E-state index in [1.807, 2.05) is 0 Å². The summed E-state index contributed by atoms with van der Waals surface area (Å²) >= 11 is 0. The molecule has 4 unspecified atom stereocenters. The lowest BCUT2D eigenvalue weighted by Crippen LogP contribution is -2.38. The van der Waals surface area contributed by atoms with E-state index < -0.39 is 0 Å². The fraction of sp³-hybridized carbons (Fsp3) is 0.591. The molecule has 11 rings (SSSR count). The predicted octanol–water partition coefficient (Wildman–Crippen LogP) is 8.23. The standard InChI is InChI=1S/C44H55N7/c1-51-18-15-44(16-19-51)22-34-30(10-12-32(36(34)24-44)39-26-47-42(50-39)40-27-7-8-28(20-27)48-40)29-9-11-31(35-23-43(21-33(29)35)13-3-4-14-43)38-25-46-41(49-38)37-6-2-5-17-45-37/h9-12,25-28,37,40,45,48H,2-8,13-24H2,1H3,(H,46,49)(H,47,50). The second-order valence-corrected chi connectivity index (χ2v) is 18.2. The number of H-pyrrole nitrogens is 2. The first-order chi connectivity index (χ1) is 25.0. The fourth-order valence-corrected chi connectivity index (χ4v) is 12.3. The molecular formula is C44H55N7. The quantitative estimate of drug-likeness (QED) is 0.171. The average molecular weight is 682 g/mol. The first-order valence-electron chi connectivity index (χ1n) is 20.6.